The van der Waals surface area contributed by atoms with Gasteiger partial charge in [-0.3, -0.25) is 0 Å². The average Bonchev–Trinajstić information content (AvgIpc) is 3.52. The highest BCUT2D eigenvalue weighted by molar-refractivity contribution is 5.64. The van der Waals surface area contributed by atoms with Crippen LogP contribution in [-0.2, 0) is 0 Å². The van der Waals surface area contributed by atoms with Crippen LogP contribution in [0.1, 0.15) is 38.5 Å². The highest BCUT2D eigenvalue weighted by Crippen LogP contribution is 2.34. The molecule has 2 aliphatic heterocycles. The molecule has 3 N–H and O–H groups in total. The number of benzene rings is 1. The lowest BCUT2D eigenvalue weighted by Gasteiger charge is -2.34. The summed E-state index contributed by atoms with van der Waals surface area (Å²) in [4.78, 5) is 14.9. The molecule has 1 aliphatic carbocycles. The number of hydrogen-bond donors (Lipinski definition) is 3. The van der Waals surface area contributed by atoms with Gasteiger partial charge in [-0.1, -0.05) is 31.4 Å². The molecule has 184 valence electrons. The van der Waals surface area contributed by atoms with Crippen LogP contribution in [0.5, 0.6) is 5.75 Å². The van der Waals surface area contributed by atoms with Crippen LogP contribution in [0, 0.1) is 0 Å². The number of aromatic nitrogens is 2. The van der Waals surface area contributed by atoms with E-state index in [1.165, 1.54) is 38.5 Å². The van der Waals surface area contributed by atoms with Gasteiger partial charge in [-0.05, 0) is 38.4 Å². The molecule has 0 spiro atoms. The summed E-state index contributed by atoms with van der Waals surface area (Å²) < 4.78 is 5.85. The minimum Gasteiger partial charge on any atom is -0.491 e. The van der Waals surface area contributed by atoms with Gasteiger partial charge in [-0.25, -0.2) is 9.97 Å². The summed E-state index contributed by atoms with van der Waals surface area (Å²) in [7, 11) is 4.00. The molecule has 3 fully saturated rings. The molecule has 1 saturated carbocycles. The van der Waals surface area contributed by atoms with Gasteiger partial charge in [0.2, 0.25) is 0 Å². The number of aliphatic hydroxyl groups is 1. The standard InChI is InChI=1S/C26H38N6O2/c1-27-15-22(33)17-34-23-10-6-7-18(11-23)26-29-24(31(2)20-8-4-3-5-9-20)13-25(30-26)32-16-19-12-21(32)14-28-19/h6-7,10-11,13,19-22,27-28,33H,3-5,8-9,12,14-17H2,1-2H3/t19-,21-,22?/m1/s1. The van der Waals surface area contributed by atoms with Crippen LogP contribution in [-0.4, -0.2) is 79.6 Å². The summed E-state index contributed by atoms with van der Waals surface area (Å²) in [6.45, 7) is 2.76. The molecule has 5 rings (SSSR count). The van der Waals surface area contributed by atoms with E-state index in [-0.39, 0.29) is 6.61 Å². The highest BCUT2D eigenvalue weighted by Gasteiger charge is 2.38. The topological polar surface area (TPSA) is 85.8 Å². The third-order valence-electron chi connectivity index (χ3n) is 7.51. The van der Waals surface area contributed by atoms with E-state index in [1.54, 1.807) is 0 Å². The smallest absolute Gasteiger partial charge is 0.163 e. The Bertz CT molecular complexity index is 966. The number of likely N-dealkylation sites (N-methyl/N-ethyl adjacent to an activating group) is 1. The molecule has 1 unspecified atom stereocenters. The van der Waals surface area contributed by atoms with Gasteiger partial charge in [0.25, 0.3) is 0 Å². The fraction of sp³-hybridized carbons (Fsp3) is 0.615. The number of nitrogens with one attached hydrogen (secondary N) is 2. The molecule has 8 heteroatoms. The van der Waals surface area contributed by atoms with E-state index in [0.29, 0.717) is 30.4 Å². The van der Waals surface area contributed by atoms with E-state index in [2.05, 4.69) is 33.5 Å². The van der Waals surface area contributed by atoms with E-state index in [4.69, 9.17) is 14.7 Å². The molecular formula is C26H38N6O2. The molecular weight excluding hydrogens is 428 g/mol. The van der Waals surface area contributed by atoms with E-state index in [1.807, 2.05) is 31.3 Å². The van der Waals surface area contributed by atoms with Crippen LogP contribution >= 0.6 is 0 Å². The number of fused-ring (bicyclic) bond motifs is 2. The van der Waals surface area contributed by atoms with E-state index < -0.39 is 6.10 Å². The van der Waals surface area contributed by atoms with Crippen LogP contribution in [0.3, 0.4) is 0 Å². The Morgan fingerprint density at radius 2 is 2.09 bits per heavy atom. The Balaban J connectivity index is 1.44. The first-order chi connectivity index (χ1) is 16.6. The summed E-state index contributed by atoms with van der Waals surface area (Å²) in [5.41, 5.74) is 0.934. The van der Waals surface area contributed by atoms with Gasteiger partial charge in [0, 0.05) is 56.4 Å². The van der Waals surface area contributed by atoms with Crippen molar-refractivity contribution in [3.8, 4) is 17.1 Å². The number of nitrogens with zero attached hydrogens (tertiary/aromatic N) is 4. The monoisotopic (exact) mass is 466 g/mol. The van der Waals surface area contributed by atoms with E-state index >= 15 is 0 Å². The number of rotatable bonds is 9. The van der Waals surface area contributed by atoms with Gasteiger partial charge < -0.3 is 30.3 Å². The SMILES string of the molecule is CNCC(O)COc1cccc(-c2nc(N(C)C3CCCCC3)cc(N3C[C@H]4C[C@@H]3CN4)n2)c1. The molecule has 3 heterocycles. The van der Waals surface area contributed by atoms with Crippen molar-refractivity contribution in [1.29, 1.82) is 0 Å². The van der Waals surface area contributed by atoms with Gasteiger partial charge in [-0.15, -0.1) is 0 Å². The summed E-state index contributed by atoms with van der Waals surface area (Å²) in [5, 5.41) is 16.6. The van der Waals surface area contributed by atoms with Crippen molar-refractivity contribution in [2.45, 2.75) is 62.8 Å². The molecule has 0 radical (unpaired) electrons. The van der Waals surface area contributed by atoms with Crippen LogP contribution in [0.25, 0.3) is 11.4 Å². The number of hydrogen-bond acceptors (Lipinski definition) is 8. The Morgan fingerprint density at radius 3 is 2.82 bits per heavy atom. The number of aliphatic hydroxyl groups excluding tert-OH is 1. The predicted molar refractivity (Wildman–Crippen MR) is 136 cm³/mol. The summed E-state index contributed by atoms with van der Waals surface area (Å²) in [6.07, 6.45) is 7.00. The molecule has 0 amide bonds. The third kappa shape index (κ3) is 5.14. The quantitative estimate of drug-likeness (QED) is 0.520. The van der Waals surface area contributed by atoms with Crippen molar-refractivity contribution in [3.63, 3.8) is 0 Å². The second kappa shape index (κ2) is 10.5. The Hall–Kier alpha value is -2.42. The molecule has 1 aromatic heterocycles. The number of anilines is 2. The maximum atomic E-state index is 10.00. The van der Waals surface area contributed by atoms with E-state index in [9.17, 15) is 5.11 Å². The zero-order valence-electron chi connectivity index (χ0n) is 20.4. The van der Waals surface area contributed by atoms with Crippen molar-refractivity contribution in [1.82, 2.24) is 20.6 Å². The lowest BCUT2D eigenvalue weighted by molar-refractivity contribution is 0.108. The van der Waals surface area contributed by atoms with Gasteiger partial charge in [0.05, 0.1) is 0 Å². The molecule has 2 saturated heterocycles. The molecule has 3 atom stereocenters. The van der Waals surface area contributed by atoms with Crippen LogP contribution in [0.2, 0.25) is 0 Å². The van der Waals surface area contributed by atoms with Crippen molar-refractivity contribution < 1.29 is 9.84 Å². The second-order valence-corrected chi connectivity index (χ2v) is 10.0. The fourth-order valence-electron chi connectivity index (χ4n) is 5.59. The maximum Gasteiger partial charge on any atom is 0.163 e. The van der Waals surface area contributed by atoms with Crippen molar-refractivity contribution in [2.24, 2.45) is 0 Å². The maximum absolute atomic E-state index is 10.00. The first-order valence-electron chi connectivity index (χ1n) is 12.8. The van der Waals surface area contributed by atoms with Crippen molar-refractivity contribution >= 4 is 11.6 Å². The Labute approximate surface area is 202 Å². The number of piperazine rings is 1. The normalized spacial score (nSPS) is 23.3. The Kier molecular flexibility index (Phi) is 7.18. The van der Waals surface area contributed by atoms with Gasteiger partial charge in [0.1, 0.15) is 30.1 Å². The van der Waals surface area contributed by atoms with Crippen molar-refractivity contribution in [2.75, 3.05) is 50.1 Å². The summed E-state index contributed by atoms with van der Waals surface area (Å²) in [5.74, 6) is 3.46. The Morgan fingerprint density at radius 1 is 1.24 bits per heavy atom. The molecule has 2 bridgehead atoms. The molecule has 1 aromatic carbocycles. The summed E-state index contributed by atoms with van der Waals surface area (Å²) in [6, 6.07) is 11.7. The lowest BCUT2D eigenvalue weighted by Crippen LogP contribution is -2.44. The second-order valence-electron chi connectivity index (χ2n) is 10.0. The third-order valence-corrected chi connectivity index (χ3v) is 7.51. The fourth-order valence-corrected chi connectivity index (χ4v) is 5.59. The summed E-state index contributed by atoms with van der Waals surface area (Å²) >= 11 is 0. The van der Waals surface area contributed by atoms with Crippen LogP contribution in [0.15, 0.2) is 30.3 Å². The molecule has 8 nitrogen and oxygen atoms in total. The lowest BCUT2D eigenvalue weighted by atomic mass is 9.94. The zero-order valence-corrected chi connectivity index (χ0v) is 20.4. The molecule has 34 heavy (non-hydrogen) atoms. The van der Waals surface area contributed by atoms with Gasteiger partial charge >= 0.3 is 0 Å². The van der Waals surface area contributed by atoms with E-state index in [0.717, 1.165) is 36.1 Å². The van der Waals surface area contributed by atoms with Crippen LogP contribution in [0.4, 0.5) is 11.6 Å². The minimum atomic E-state index is -0.553. The van der Waals surface area contributed by atoms with Gasteiger partial charge in [0.15, 0.2) is 5.82 Å². The molecule has 2 aromatic rings. The van der Waals surface area contributed by atoms with Crippen LogP contribution < -0.4 is 25.2 Å². The predicted octanol–water partition coefficient (Wildman–Crippen LogP) is 2.42. The largest absolute Gasteiger partial charge is 0.491 e. The van der Waals surface area contributed by atoms with Gasteiger partial charge in [-0.2, -0.15) is 0 Å². The minimum absolute atomic E-state index is 0.241. The molecule has 3 aliphatic rings. The highest BCUT2D eigenvalue weighted by atomic mass is 16.5. The first-order valence-corrected chi connectivity index (χ1v) is 12.8. The number of ether oxygens (including phenoxy) is 1. The average molecular weight is 467 g/mol. The first kappa shape index (κ1) is 23.3. The zero-order chi connectivity index (χ0) is 23.5. The van der Waals surface area contributed by atoms with Crippen molar-refractivity contribution in [3.05, 3.63) is 30.3 Å².